The summed E-state index contributed by atoms with van der Waals surface area (Å²) in [5.41, 5.74) is 7.48. The highest BCUT2D eigenvalue weighted by atomic mass is 16.2. The summed E-state index contributed by atoms with van der Waals surface area (Å²) >= 11 is 0. The molecule has 1 saturated carbocycles. The SMILES string of the molecule is CC1CCCC(N(C)CC(=O)Nc2cccc(CN)c2)C1. The largest absolute Gasteiger partial charge is 0.326 e. The lowest BCUT2D eigenvalue weighted by Crippen LogP contribution is -2.40. The van der Waals surface area contributed by atoms with Crippen molar-refractivity contribution in [2.24, 2.45) is 11.7 Å². The van der Waals surface area contributed by atoms with Crippen LogP contribution in [-0.2, 0) is 11.3 Å². The zero-order valence-electron chi connectivity index (χ0n) is 13.1. The molecule has 21 heavy (non-hydrogen) atoms. The highest BCUT2D eigenvalue weighted by Crippen LogP contribution is 2.26. The van der Waals surface area contributed by atoms with Crippen molar-refractivity contribution in [3.05, 3.63) is 29.8 Å². The predicted octanol–water partition coefficient (Wildman–Crippen LogP) is 2.59. The number of nitrogens with one attached hydrogen (secondary N) is 1. The number of rotatable bonds is 5. The summed E-state index contributed by atoms with van der Waals surface area (Å²) in [6, 6.07) is 8.26. The quantitative estimate of drug-likeness (QED) is 0.876. The molecular formula is C17H27N3O. The zero-order valence-corrected chi connectivity index (χ0v) is 13.1. The topological polar surface area (TPSA) is 58.4 Å². The van der Waals surface area contributed by atoms with Crippen LogP contribution < -0.4 is 11.1 Å². The Labute approximate surface area is 127 Å². The van der Waals surface area contributed by atoms with Gasteiger partial charge in [-0.1, -0.05) is 31.9 Å². The van der Waals surface area contributed by atoms with Crippen molar-refractivity contribution in [1.82, 2.24) is 4.90 Å². The molecule has 0 saturated heterocycles. The average Bonchev–Trinajstić information content (AvgIpc) is 2.47. The molecule has 0 aliphatic heterocycles. The first kappa shape index (κ1) is 16.0. The zero-order chi connectivity index (χ0) is 15.2. The van der Waals surface area contributed by atoms with E-state index in [0.29, 0.717) is 19.1 Å². The number of nitrogens with two attached hydrogens (primary N) is 1. The first-order valence-electron chi connectivity index (χ1n) is 7.87. The van der Waals surface area contributed by atoms with Gasteiger partial charge in [0, 0.05) is 18.3 Å². The smallest absolute Gasteiger partial charge is 0.238 e. The number of carbonyl (C=O) groups is 1. The van der Waals surface area contributed by atoms with Crippen LogP contribution in [0.15, 0.2) is 24.3 Å². The fraction of sp³-hybridized carbons (Fsp3) is 0.588. The Bertz CT molecular complexity index is 475. The summed E-state index contributed by atoms with van der Waals surface area (Å²) in [5.74, 6) is 0.820. The third-order valence-corrected chi connectivity index (χ3v) is 4.37. The minimum atomic E-state index is 0.0462. The normalized spacial score (nSPS) is 22.3. The molecule has 1 aromatic rings. The van der Waals surface area contributed by atoms with Crippen LogP contribution in [0.5, 0.6) is 0 Å². The van der Waals surface area contributed by atoms with Gasteiger partial charge in [-0.3, -0.25) is 9.69 Å². The summed E-state index contributed by atoms with van der Waals surface area (Å²) in [7, 11) is 2.05. The monoisotopic (exact) mass is 289 g/mol. The number of amides is 1. The lowest BCUT2D eigenvalue weighted by Gasteiger charge is -2.33. The van der Waals surface area contributed by atoms with Gasteiger partial charge >= 0.3 is 0 Å². The first-order valence-corrected chi connectivity index (χ1v) is 7.87. The number of benzene rings is 1. The van der Waals surface area contributed by atoms with E-state index in [-0.39, 0.29) is 5.91 Å². The van der Waals surface area contributed by atoms with E-state index in [1.165, 1.54) is 25.7 Å². The average molecular weight is 289 g/mol. The van der Waals surface area contributed by atoms with E-state index < -0.39 is 0 Å². The third-order valence-electron chi connectivity index (χ3n) is 4.37. The molecule has 1 aliphatic carbocycles. The van der Waals surface area contributed by atoms with Crippen molar-refractivity contribution >= 4 is 11.6 Å². The Balaban J connectivity index is 1.85. The van der Waals surface area contributed by atoms with Crippen LogP contribution in [-0.4, -0.2) is 30.4 Å². The van der Waals surface area contributed by atoms with Crippen LogP contribution in [0, 0.1) is 5.92 Å². The van der Waals surface area contributed by atoms with Gasteiger partial charge in [0.05, 0.1) is 6.54 Å². The molecule has 0 heterocycles. The highest BCUT2D eigenvalue weighted by Gasteiger charge is 2.23. The van der Waals surface area contributed by atoms with Crippen LogP contribution in [0.2, 0.25) is 0 Å². The van der Waals surface area contributed by atoms with Crippen molar-refractivity contribution in [2.75, 3.05) is 18.9 Å². The number of anilines is 1. The Morgan fingerprint density at radius 1 is 1.43 bits per heavy atom. The first-order chi connectivity index (χ1) is 10.1. The molecule has 2 unspecified atom stereocenters. The van der Waals surface area contributed by atoms with Gasteiger partial charge in [0.1, 0.15) is 0 Å². The number of hydrogen-bond donors (Lipinski definition) is 2. The van der Waals surface area contributed by atoms with Crippen molar-refractivity contribution in [3.63, 3.8) is 0 Å². The Morgan fingerprint density at radius 3 is 2.95 bits per heavy atom. The number of hydrogen-bond acceptors (Lipinski definition) is 3. The second kappa shape index (κ2) is 7.57. The molecular weight excluding hydrogens is 262 g/mol. The minimum Gasteiger partial charge on any atom is -0.326 e. The minimum absolute atomic E-state index is 0.0462. The van der Waals surface area contributed by atoms with E-state index in [2.05, 4.69) is 24.2 Å². The molecule has 0 spiro atoms. The Morgan fingerprint density at radius 2 is 2.24 bits per heavy atom. The van der Waals surface area contributed by atoms with Gasteiger partial charge in [0.25, 0.3) is 0 Å². The van der Waals surface area contributed by atoms with Gasteiger partial charge in [-0.05, 0) is 43.5 Å². The molecule has 2 rings (SSSR count). The molecule has 0 radical (unpaired) electrons. The van der Waals surface area contributed by atoms with Gasteiger partial charge < -0.3 is 11.1 Å². The molecule has 0 aromatic heterocycles. The molecule has 2 atom stereocenters. The van der Waals surface area contributed by atoms with E-state index in [4.69, 9.17) is 5.73 Å². The highest BCUT2D eigenvalue weighted by molar-refractivity contribution is 5.92. The van der Waals surface area contributed by atoms with Gasteiger partial charge in [0.15, 0.2) is 0 Å². The maximum absolute atomic E-state index is 12.2. The van der Waals surface area contributed by atoms with Gasteiger partial charge in [-0.15, -0.1) is 0 Å². The van der Waals surface area contributed by atoms with Gasteiger partial charge in [-0.2, -0.15) is 0 Å². The predicted molar refractivity (Wildman–Crippen MR) is 87.0 cm³/mol. The van der Waals surface area contributed by atoms with E-state index >= 15 is 0 Å². The van der Waals surface area contributed by atoms with E-state index in [1.807, 2.05) is 24.3 Å². The molecule has 116 valence electrons. The van der Waals surface area contributed by atoms with E-state index in [0.717, 1.165) is 17.2 Å². The van der Waals surface area contributed by atoms with Crippen LogP contribution in [0.4, 0.5) is 5.69 Å². The maximum Gasteiger partial charge on any atom is 0.238 e. The molecule has 4 heteroatoms. The van der Waals surface area contributed by atoms with E-state index in [1.54, 1.807) is 0 Å². The van der Waals surface area contributed by atoms with Gasteiger partial charge in [0.2, 0.25) is 5.91 Å². The lowest BCUT2D eigenvalue weighted by molar-refractivity contribution is -0.117. The molecule has 4 nitrogen and oxygen atoms in total. The van der Waals surface area contributed by atoms with Crippen molar-refractivity contribution < 1.29 is 4.79 Å². The summed E-state index contributed by atoms with van der Waals surface area (Å²) in [6.45, 7) is 3.24. The summed E-state index contributed by atoms with van der Waals surface area (Å²) in [6.07, 6.45) is 5.00. The number of carbonyl (C=O) groups excluding carboxylic acids is 1. The van der Waals surface area contributed by atoms with Crippen molar-refractivity contribution in [3.8, 4) is 0 Å². The number of nitrogens with zero attached hydrogens (tertiary/aromatic N) is 1. The van der Waals surface area contributed by atoms with Crippen LogP contribution in [0.3, 0.4) is 0 Å². The molecule has 1 aromatic carbocycles. The standard InChI is InChI=1S/C17H27N3O/c1-13-5-3-8-16(9-13)20(2)12-17(21)19-15-7-4-6-14(10-15)11-18/h4,6-7,10,13,16H,3,5,8-9,11-12,18H2,1-2H3,(H,19,21). The molecule has 1 amide bonds. The fourth-order valence-electron chi connectivity index (χ4n) is 3.13. The molecule has 1 fully saturated rings. The van der Waals surface area contributed by atoms with Crippen LogP contribution in [0.25, 0.3) is 0 Å². The Hall–Kier alpha value is -1.39. The second-order valence-corrected chi connectivity index (χ2v) is 6.29. The second-order valence-electron chi connectivity index (χ2n) is 6.29. The molecule has 0 bridgehead atoms. The third kappa shape index (κ3) is 4.83. The Kier molecular flexibility index (Phi) is 5.76. The fourth-order valence-corrected chi connectivity index (χ4v) is 3.13. The van der Waals surface area contributed by atoms with Crippen LogP contribution >= 0.6 is 0 Å². The van der Waals surface area contributed by atoms with Crippen LogP contribution in [0.1, 0.15) is 38.2 Å². The molecule has 1 aliphatic rings. The summed E-state index contributed by atoms with van der Waals surface area (Å²) < 4.78 is 0. The maximum atomic E-state index is 12.2. The van der Waals surface area contributed by atoms with Crippen molar-refractivity contribution in [2.45, 2.75) is 45.2 Å². The van der Waals surface area contributed by atoms with E-state index in [9.17, 15) is 4.79 Å². The van der Waals surface area contributed by atoms with Crippen molar-refractivity contribution in [1.29, 1.82) is 0 Å². The van der Waals surface area contributed by atoms with Gasteiger partial charge in [-0.25, -0.2) is 0 Å². The lowest BCUT2D eigenvalue weighted by atomic mass is 9.86. The number of likely N-dealkylation sites (N-methyl/N-ethyl adjacent to an activating group) is 1. The molecule has 3 N–H and O–H groups in total. The summed E-state index contributed by atoms with van der Waals surface area (Å²) in [5, 5.41) is 2.96. The summed E-state index contributed by atoms with van der Waals surface area (Å²) in [4.78, 5) is 14.4.